The minimum absolute atomic E-state index is 0.225. The van der Waals surface area contributed by atoms with Crippen LogP contribution in [-0.4, -0.2) is 17.1 Å². The van der Waals surface area contributed by atoms with Gasteiger partial charge in [0.1, 0.15) is 11.6 Å². The first-order valence-electron chi connectivity index (χ1n) is 6.43. The number of hydrogen-bond acceptors (Lipinski definition) is 4. The van der Waals surface area contributed by atoms with Gasteiger partial charge in [0.15, 0.2) is 0 Å². The number of aryl methyl sites for hydroxylation is 1. The average Bonchev–Trinajstić information content (AvgIpc) is 2.41. The number of nitriles is 1. The topological polar surface area (TPSA) is 58.8 Å². The number of aromatic nitrogens is 2. The quantitative estimate of drug-likeness (QED) is 0.857. The molecule has 0 saturated carbocycles. The predicted molar refractivity (Wildman–Crippen MR) is 77.5 cm³/mol. The Kier molecular flexibility index (Phi) is 3.99. The largest absolute Gasteiger partial charge is 0.496 e. The van der Waals surface area contributed by atoms with Gasteiger partial charge in [-0.05, 0) is 50.1 Å². The smallest absolute Gasteiger partial charge is 0.143 e. The van der Waals surface area contributed by atoms with Crippen molar-refractivity contribution in [3.8, 4) is 23.1 Å². The second-order valence-corrected chi connectivity index (χ2v) is 4.71. The van der Waals surface area contributed by atoms with E-state index in [-0.39, 0.29) is 6.42 Å². The molecular weight excluding hydrogens is 250 g/mol. The van der Waals surface area contributed by atoms with Crippen molar-refractivity contribution in [1.82, 2.24) is 9.97 Å². The van der Waals surface area contributed by atoms with E-state index < -0.39 is 0 Å². The minimum Gasteiger partial charge on any atom is -0.496 e. The third-order valence-electron chi connectivity index (χ3n) is 3.37. The first-order valence-corrected chi connectivity index (χ1v) is 6.43. The fraction of sp³-hybridized carbons (Fsp3) is 0.312. The minimum atomic E-state index is 0.225. The van der Waals surface area contributed by atoms with Gasteiger partial charge in [-0.2, -0.15) is 5.26 Å². The predicted octanol–water partition coefficient (Wildman–Crippen LogP) is 3.14. The van der Waals surface area contributed by atoms with Crippen LogP contribution in [0.2, 0.25) is 0 Å². The molecule has 2 aromatic rings. The van der Waals surface area contributed by atoms with E-state index in [0.29, 0.717) is 5.82 Å². The molecule has 0 radical (unpaired) electrons. The van der Waals surface area contributed by atoms with E-state index in [2.05, 4.69) is 23.0 Å². The monoisotopic (exact) mass is 267 g/mol. The fourth-order valence-electron chi connectivity index (χ4n) is 2.21. The summed E-state index contributed by atoms with van der Waals surface area (Å²) in [4.78, 5) is 8.75. The van der Waals surface area contributed by atoms with Crippen LogP contribution in [0.4, 0.5) is 0 Å². The molecule has 102 valence electrons. The summed E-state index contributed by atoms with van der Waals surface area (Å²) in [5.74, 6) is 1.43. The van der Waals surface area contributed by atoms with Crippen LogP contribution in [0.1, 0.15) is 22.6 Å². The second-order valence-electron chi connectivity index (χ2n) is 4.71. The highest BCUT2D eigenvalue weighted by atomic mass is 16.5. The zero-order chi connectivity index (χ0) is 14.7. The summed E-state index contributed by atoms with van der Waals surface area (Å²) < 4.78 is 5.33. The van der Waals surface area contributed by atoms with Gasteiger partial charge in [-0.25, -0.2) is 9.97 Å². The standard InChI is InChI=1S/C16H17N3O/c1-10-9-14(19-16(18-10)7-8-17)13-5-6-15(20-4)12(3)11(13)2/h5-6,9H,7H2,1-4H3. The normalized spacial score (nSPS) is 10.2. The Morgan fingerprint density at radius 2 is 1.90 bits per heavy atom. The lowest BCUT2D eigenvalue weighted by Gasteiger charge is -2.13. The fourth-order valence-corrected chi connectivity index (χ4v) is 2.21. The van der Waals surface area contributed by atoms with Gasteiger partial charge in [0, 0.05) is 11.3 Å². The molecule has 0 aliphatic carbocycles. The Morgan fingerprint density at radius 3 is 2.55 bits per heavy atom. The lowest BCUT2D eigenvalue weighted by atomic mass is 9.99. The van der Waals surface area contributed by atoms with Crippen LogP contribution >= 0.6 is 0 Å². The number of nitrogens with zero attached hydrogens (tertiary/aromatic N) is 3. The van der Waals surface area contributed by atoms with Gasteiger partial charge in [0.2, 0.25) is 0 Å². The van der Waals surface area contributed by atoms with Gasteiger partial charge in [-0.1, -0.05) is 0 Å². The maximum absolute atomic E-state index is 8.79. The van der Waals surface area contributed by atoms with Crippen LogP contribution in [0.25, 0.3) is 11.3 Å². The number of hydrogen-bond donors (Lipinski definition) is 0. The molecule has 0 aliphatic rings. The lowest BCUT2D eigenvalue weighted by molar-refractivity contribution is 0.411. The lowest BCUT2D eigenvalue weighted by Crippen LogP contribution is -2.00. The van der Waals surface area contributed by atoms with Crippen LogP contribution in [0, 0.1) is 32.1 Å². The molecule has 0 unspecified atom stereocenters. The van der Waals surface area contributed by atoms with E-state index in [0.717, 1.165) is 33.8 Å². The van der Waals surface area contributed by atoms with Crippen LogP contribution in [0.15, 0.2) is 18.2 Å². The summed E-state index contributed by atoms with van der Waals surface area (Å²) in [6.07, 6.45) is 0.225. The van der Waals surface area contributed by atoms with Gasteiger partial charge in [-0.3, -0.25) is 0 Å². The molecule has 0 atom stereocenters. The summed E-state index contributed by atoms with van der Waals surface area (Å²) in [5.41, 5.74) is 5.00. The van der Waals surface area contributed by atoms with Crippen molar-refractivity contribution >= 4 is 0 Å². The van der Waals surface area contributed by atoms with Gasteiger partial charge < -0.3 is 4.74 Å². The van der Waals surface area contributed by atoms with Crippen LogP contribution < -0.4 is 4.74 Å². The van der Waals surface area contributed by atoms with Crippen molar-refractivity contribution in [2.45, 2.75) is 27.2 Å². The van der Waals surface area contributed by atoms with Gasteiger partial charge in [-0.15, -0.1) is 0 Å². The maximum atomic E-state index is 8.79. The molecular formula is C16H17N3O. The Labute approximate surface area is 119 Å². The van der Waals surface area contributed by atoms with E-state index in [4.69, 9.17) is 10.00 Å². The molecule has 0 fully saturated rings. The Balaban J connectivity index is 2.57. The van der Waals surface area contributed by atoms with E-state index >= 15 is 0 Å². The second kappa shape index (κ2) is 5.70. The van der Waals surface area contributed by atoms with Gasteiger partial charge in [0.25, 0.3) is 0 Å². The van der Waals surface area contributed by atoms with E-state index in [1.54, 1.807) is 7.11 Å². The number of methoxy groups -OCH3 is 1. The molecule has 0 spiro atoms. The number of rotatable bonds is 3. The van der Waals surface area contributed by atoms with Crippen molar-refractivity contribution in [2.24, 2.45) is 0 Å². The zero-order valence-electron chi connectivity index (χ0n) is 12.2. The van der Waals surface area contributed by atoms with Crippen molar-refractivity contribution < 1.29 is 4.74 Å². The Hall–Kier alpha value is -2.41. The molecule has 0 aliphatic heterocycles. The molecule has 20 heavy (non-hydrogen) atoms. The zero-order valence-corrected chi connectivity index (χ0v) is 12.2. The summed E-state index contributed by atoms with van der Waals surface area (Å²) in [6, 6.07) is 7.97. The average molecular weight is 267 g/mol. The highest BCUT2D eigenvalue weighted by Crippen LogP contribution is 2.30. The first-order chi connectivity index (χ1) is 9.56. The summed E-state index contributed by atoms with van der Waals surface area (Å²) in [5, 5.41) is 8.79. The molecule has 4 nitrogen and oxygen atoms in total. The molecule has 1 aromatic heterocycles. The summed E-state index contributed by atoms with van der Waals surface area (Å²) in [7, 11) is 1.67. The molecule has 0 N–H and O–H groups in total. The first kappa shape index (κ1) is 14.0. The van der Waals surface area contributed by atoms with Gasteiger partial charge in [0.05, 0.1) is 25.3 Å². The Bertz CT molecular complexity index is 687. The van der Waals surface area contributed by atoms with Gasteiger partial charge >= 0.3 is 0 Å². The molecule has 0 saturated heterocycles. The Morgan fingerprint density at radius 1 is 1.15 bits per heavy atom. The van der Waals surface area contributed by atoms with Crippen molar-refractivity contribution in [2.75, 3.05) is 7.11 Å². The number of benzene rings is 1. The van der Waals surface area contributed by atoms with Crippen molar-refractivity contribution in [1.29, 1.82) is 5.26 Å². The summed E-state index contributed by atoms with van der Waals surface area (Å²) in [6.45, 7) is 5.99. The van der Waals surface area contributed by atoms with E-state index in [1.807, 2.05) is 32.0 Å². The molecule has 1 heterocycles. The maximum Gasteiger partial charge on any atom is 0.143 e. The highest BCUT2D eigenvalue weighted by Gasteiger charge is 2.11. The highest BCUT2D eigenvalue weighted by molar-refractivity contribution is 5.67. The van der Waals surface area contributed by atoms with Crippen molar-refractivity contribution in [3.63, 3.8) is 0 Å². The van der Waals surface area contributed by atoms with Crippen LogP contribution in [0.3, 0.4) is 0 Å². The molecule has 0 amide bonds. The summed E-state index contributed by atoms with van der Waals surface area (Å²) >= 11 is 0. The molecule has 1 aromatic carbocycles. The van der Waals surface area contributed by atoms with Crippen LogP contribution in [-0.2, 0) is 6.42 Å². The number of ether oxygens (including phenoxy) is 1. The van der Waals surface area contributed by atoms with Crippen LogP contribution in [0.5, 0.6) is 5.75 Å². The third kappa shape index (κ3) is 2.62. The van der Waals surface area contributed by atoms with E-state index in [9.17, 15) is 0 Å². The molecule has 4 heteroatoms. The molecule has 0 bridgehead atoms. The van der Waals surface area contributed by atoms with Crippen molar-refractivity contribution in [3.05, 3.63) is 40.8 Å². The third-order valence-corrected chi connectivity index (χ3v) is 3.37. The molecule has 2 rings (SSSR count). The SMILES string of the molecule is COc1ccc(-c2cc(C)nc(CC#N)n2)c(C)c1C. The van der Waals surface area contributed by atoms with E-state index in [1.165, 1.54) is 0 Å².